The second kappa shape index (κ2) is 4.17. The Morgan fingerprint density at radius 2 is 2.00 bits per heavy atom. The Bertz CT molecular complexity index is 432. The maximum Gasteiger partial charge on any atom is 0.143 e. The number of benzene rings is 1. The maximum atomic E-state index is 12.3. The van der Waals surface area contributed by atoms with Crippen LogP contribution in [0.4, 0.5) is 0 Å². The molecule has 2 heteroatoms. The van der Waals surface area contributed by atoms with Gasteiger partial charge in [-0.1, -0.05) is 32.0 Å². The number of ether oxygens (including phenoxy) is 1. The van der Waals surface area contributed by atoms with Crippen molar-refractivity contribution >= 4 is 5.78 Å². The molecule has 0 fully saturated rings. The van der Waals surface area contributed by atoms with E-state index in [9.17, 15) is 4.79 Å². The third kappa shape index (κ3) is 2.36. The first-order valence-corrected chi connectivity index (χ1v) is 6.22. The number of carbonyl (C=O) groups excluding carboxylic acids is 1. The summed E-state index contributed by atoms with van der Waals surface area (Å²) < 4.78 is 5.93. The zero-order valence-corrected chi connectivity index (χ0v) is 11.0. The first-order valence-electron chi connectivity index (χ1n) is 6.22. The smallest absolute Gasteiger partial charge is 0.143 e. The third-order valence-electron chi connectivity index (χ3n) is 3.29. The van der Waals surface area contributed by atoms with Crippen LogP contribution < -0.4 is 4.74 Å². The molecule has 0 spiro atoms. The summed E-state index contributed by atoms with van der Waals surface area (Å²) in [6.07, 6.45) is 0.765. The number of rotatable bonds is 2. The van der Waals surface area contributed by atoms with Gasteiger partial charge in [0.05, 0.1) is 5.92 Å². The molecule has 0 saturated heterocycles. The molecule has 1 unspecified atom stereocenters. The molecule has 1 heterocycles. The number of ketones is 1. The van der Waals surface area contributed by atoms with E-state index in [1.54, 1.807) is 0 Å². The first-order chi connectivity index (χ1) is 7.91. The number of Topliss-reactive ketones (excluding diaryl/α,β-unsaturated/α-hetero) is 1. The van der Waals surface area contributed by atoms with Crippen LogP contribution in [0.25, 0.3) is 0 Å². The van der Waals surface area contributed by atoms with Gasteiger partial charge in [0.2, 0.25) is 0 Å². The first kappa shape index (κ1) is 12.2. The van der Waals surface area contributed by atoms with Gasteiger partial charge in [-0.2, -0.15) is 0 Å². The summed E-state index contributed by atoms with van der Waals surface area (Å²) in [5.41, 5.74) is 0.786. The maximum absolute atomic E-state index is 12.3. The van der Waals surface area contributed by atoms with Gasteiger partial charge in [0.1, 0.15) is 17.1 Å². The predicted molar refractivity (Wildman–Crippen MR) is 68.4 cm³/mol. The Morgan fingerprint density at radius 1 is 1.35 bits per heavy atom. The summed E-state index contributed by atoms with van der Waals surface area (Å²) in [6, 6.07) is 7.89. The van der Waals surface area contributed by atoms with Crippen LogP contribution in [0.3, 0.4) is 0 Å². The monoisotopic (exact) mass is 232 g/mol. The zero-order valence-electron chi connectivity index (χ0n) is 11.0. The minimum absolute atomic E-state index is 0.0186. The van der Waals surface area contributed by atoms with Crippen LogP contribution in [-0.4, -0.2) is 11.4 Å². The molecule has 92 valence electrons. The van der Waals surface area contributed by atoms with E-state index in [-0.39, 0.29) is 17.4 Å². The summed E-state index contributed by atoms with van der Waals surface area (Å²) in [7, 11) is 0. The Hall–Kier alpha value is -1.31. The lowest BCUT2D eigenvalue weighted by Crippen LogP contribution is -2.38. The number of hydrogen-bond acceptors (Lipinski definition) is 2. The van der Waals surface area contributed by atoms with Crippen LogP contribution in [0.2, 0.25) is 0 Å². The molecule has 0 amide bonds. The van der Waals surface area contributed by atoms with E-state index in [1.165, 1.54) is 0 Å². The van der Waals surface area contributed by atoms with Crippen LogP contribution in [-0.2, 0) is 4.79 Å². The highest BCUT2D eigenvalue weighted by Gasteiger charge is 2.37. The van der Waals surface area contributed by atoms with E-state index < -0.39 is 0 Å². The van der Waals surface area contributed by atoms with E-state index in [0.717, 1.165) is 17.7 Å². The largest absolute Gasteiger partial charge is 0.488 e. The van der Waals surface area contributed by atoms with Gasteiger partial charge in [0, 0.05) is 17.9 Å². The Labute approximate surface area is 103 Å². The normalized spacial score (nSPS) is 21.8. The van der Waals surface area contributed by atoms with Gasteiger partial charge in [-0.15, -0.1) is 0 Å². The second-order valence-corrected chi connectivity index (χ2v) is 5.71. The average Bonchev–Trinajstić information content (AvgIpc) is 2.25. The van der Waals surface area contributed by atoms with Crippen molar-refractivity contribution in [1.82, 2.24) is 0 Å². The van der Waals surface area contributed by atoms with E-state index in [0.29, 0.717) is 5.78 Å². The lowest BCUT2D eigenvalue weighted by Gasteiger charge is -2.37. The second-order valence-electron chi connectivity index (χ2n) is 5.71. The highest BCUT2D eigenvalue weighted by molar-refractivity contribution is 5.88. The van der Waals surface area contributed by atoms with Gasteiger partial charge in [0.15, 0.2) is 0 Å². The fraction of sp³-hybridized carbons (Fsp3) is 0.533. The Morgan fingerprint density at radius 3 is 2.65 bits per heavy atom. The third-order valence-corrected chi connectivity index (χ3v) is 3.29. The summed E-state index contributed by atoms with van der Waals surface area (Å²) in [5, 5.41) is 0. The fourth-order valence-electron chi connectivity index (χ4n) is 2.46. The Balaban J connectivity index is 2.43. The van der Waals surface area contributed by atoms with E-state index >= 15 is 0 Å². The SMILES string of the molecule is CC(C)C(=O)C1CC(C)(C)Oc2ccccc21. The predicted octanol–water partition coefficient (Wildman–Crippen LogP) is 3.56. The van der Waals surface area contributed by atoms with Crippen LogP contribution in [0.5, 0.6) is 5.75 Å². The van der Waals surface area contributed by atoms with Crippen LogP contribution in [0.15, 0.2) is 24.3 Å². The highest BCUT2D eigenvalue weighted by Crippen LogP contribution is 2.41. The molecule has 0 saturated carbocycles. The topological polar surface area (TPSA) is 26.3 Å². The molecule has 1 aromatic rings. The minimum Gasteiger partial charge on any atom is -0.488 e. The zero-order chi connectivity index (χ0) is 12.6. The van der Waals surface area contributed by atoms with Gasteiger partial charge in [-0.3, -0.25) is 4.79 Å². The molecule has 0 aromatic heterocycles. The van der Waals surface area contributed by atoms with Crippen molar-refractivity contribution in [2.24, 2.45) is 5.92 Å². The Kier molecular flexibility index (Phi) is 2.98. The van der Waals surface area contributed by atoms with Crippen molar-refractivity contribution in [1.29, 1.82) is 0 Å². The number of fused-ring (bicyclic) bond motifs is 1. The standard InChI is InChI=1S/C15H20O2/c1-10(2)14(16)12-9-15(3,4)17-13-8-6-5-7-11(12)13/h5-8,10,12H,9H2,1-4H3. The average molecular weight is 232 g/mol. The van der Waals surface area contributed by atoms with Gasteiger partial charge >= 0.3 is 0 Å². The summed E-state index contributed by atoms with van der Waals surface area (Å²) in [4.78, 5) is 12.3. The van der Waals surface area contributed by atoms with Gasteiger partial charge in [-0.05, 0) is 19.9 Å². The molecule has 2 rings (SSSR count). The molecule has 0 bridgehead atoms. The molecule has 0 radical (unpaired) electrons. The van der Waals surface area contributed by atoms with Crippen molar-refractivity contribution in [3.8, 4) is 5.75 Å². The number of hydrogen-bond donors (Lipinski definition) is 0. The summed E-state index contributed by atoms with van der Waals surface area (Å²) >= 11 is 0. The summed E-state index contributed by atoms with van der Waals surface area (Å²) in [6.45, 7) is 8.02. The lowest BCUT2D eigenvalue weighted by atomic mass is 9.79. The van der Waals surface area contributed by atoms with Crippen LogP contribution >= 0.6 is 0 Å². The molecular formula is C15H20O2. The molecule has 2 nitrogen and oxygen atoms in total. The molecule has 1 aliphatic rings. The van der Waals surface area contributed by atoms with Gasteiger partial charge in [-0.25, -0.2) is 0 Å². The van der Waals surface area contributed by atoms with Crippen LogP contribution in [0.1, 0.15) is 45.6 Å². The van der Waals surface area contributed by atoms with Gasteiger partial charge < -0.3 is 4.74 Å². The highest BCUT2D eigenvalue weighted by atomic mass is 16.5. The molecule has 0 N–H and O–H groups in total. The van der Waals surface area contributed by atoms with Gasteiger partial charge in [0.25, 0.3) is 0 Å². The number of carbonyl (C=O) groups is 1. The molecule has 17 heavy (non-hydrogen) atoms. The van der Waals surface area contributed by atoms with E-state index in [1.807, 2.05) is 52.0 Å². The molecule has 0 aliphatic carbocycles. The molecule has 1 atom stereocenters. The van der Waals surface area contributed by atoms with Crippen molar-refractivity contribution < 1.29 is 9.53 Å². The fourth-order valence-corrected chi connectivity index (χ4v) is 2.46. The number of para-hydroxylation sites is 1. The molecular weight excluding hydrogens is 212 g/mol. The molecule has 1 aromatic carbocycles. The molecule has 1 aliphatic heterocycles. The van der Waals surface area contributed by atoms with Crippen molar-refractivity contribution in [2.45, 2.75) is 45.6 Å². The van der Waals surface area contributed by atoms with Crippen molar-refractivity contribution in [3.05, 3.63) is 29.8 Å². The van der Waals surface area contributed by atoms with E-state index in [4.69, 9.17) is 4.74 Å². The minimum atomic E-state index is -0.260. The lowest BCUT2D eigenvalue weighted by molar-refractivity contribution is -0.125. The summed E-state index contributed by atoms with van der Waals surface area (Å²) in [5.74, 6) is 1.23. The quantitative estimate of drug-likeness (QED) is 0.779. The van der Waals surface area contributed by atoms with Crippen LogP contribution in [0, 0.1) is 5.92 Å². The van der Waals surface area contributed by atoms with E-state index in [2.05, 4.69) is 0 Å². The van der Waals surface area contributed by atoms with Crippen molar-refractivity contribution in [3.63, 3.8) is 0 Å². The van der Waals surface area contributed by atoms with Crippen molar-refractivity contribution in [2.75, 3.05) is 0 Å².